The van der Waals surface area contributed by atoms with Gasteiger partial charge < -0.3 is 5.32 Å². The SMILES string of the molecule is CCC1CC1NC1CC2CCC1C2. The van der Waals surface area contributed by atoms with Crippen LogP contribution in [-0.2, 0) is 0 Å². The summed E-state index contributed by atoms with van der Waals surface area (Å²) >= 11 is 0. The third-order valence-electron chi connectivity index (χ3n) is 4.61. The molecule has 74 valence electrons. The third kappa shape index (κ3) is 1.41. The molecule has 3 rings (SSSR count). The first-order chi connectivity index (χ1) is 6.36. The number of hydrogen-bond donors (Lipinski definition) is 1. The lowest BCUT2D eigenvalue weighted by molar-refractivity contribution is 0.344. The summed E-state index contributed by atoms with van der Waals surface area (Å²) in [6, 6.07) is 1.83. The predicted molar refractivity (Wildman–Crippen MR) is 54.6 cm³/mol. The van der Waals surface area contributed by atoms with Gasteiger partial charge in [0.1, 0.15) is 0 Å². The van der Waals surface area contributed by atoms with E-state index in [-0.39, 0.29) is 0 Å². The molecule has 1 heteroatoms. The van der Waals surface area contributed by atoms with Crippen LogP contribution in [0.2, 0.25) is 0 Å². The Labute approximate surface area is 81.3 Å². The van der Waals surface area contributed by atoms with Gasteiger partial charge in [-0.2, -0.15) is 0 Å². The van der Waals surface area contributed by atoms with Gasteiger partial charge >= 0.3 is 0 Å². The topological polar surface area (TPSA) is 12.0 Å². The summed E-state index contributed by atoms with van der Waals surface area (Å²) in [5.74, 6) is 3.18. The maximum Gasteiger partial charge on any atom is 0.0102 e. The van der Waals surface area contributed by atoms with Gasteiger partial charge in [-0.25, -0.2) is 0 Å². The molecular weight excluding hydrogens is 158 g/mol. The van der Waals surface area contributed by atoms with Crippen LogP contribution in [0, 0.1) is 17.8 Å². The van der Waals surface area contributed by atoms with E-state index in [0.717, 1.165) is 29.8 Å². The summed E-state index contributed by atoms with van der Waals surface area (Å²) in [6.07, 6.45) is 8.94. The quantitative estimate of drug-likeness (QED) is 0.702. The van der Waals surface area contributed by atoms with Crippen LogP contribution < -0.4 is 5.32 Å². The molecule has 2 bridgehead atoms. The Morgan fingerprint density at radius 1 is 1.08 bits per heavy atom. The highest BCUT2D eigenvalue weighted by Gasteiger charge is 2.44. The van der Waals surface area contributed by atoms with Gasteiger partial charge in [0.25, 0.3) is 0 Å². The molecule has 0 aliphatic heterocycles. The van der Waals surface area contributed by atoms with E-state index in [1.807, 2.05) is 0 Å². The van der Waals surface area contributed by atoms with E-state index in [2.05, 4.69) is 12.2 Å². The fourth-order valence-electron chi connectivity index (χ4n) is 3.63. The zero-order valence-corrected chi connectivity index (χ0v) is 8.63. The van der Waals surface area contributed by atoms with E-state index >= 15 is 0 Å². The molecule has 5 atom stereocenters. The molecular formula is C12H21N. The van der Waals surface area contributed by atoms with Crippen molar-refractivity contribution < 1.29 is 0 Å². The molecule has 1 nitrogen and oxygen atoms in total. The maximum atomic E-state index is 3.89. The van der Waals surface area contributed by atoms with Gasteiger partial charge in [0.2, 0.25) is 0 Å². The number of hydrogen-bond acceptors (Lipinski definition) is 1. The second kappa shape index (κ2) is 2.98. The van der Waals surface area contributed by atoms with E-state index < -0.39 is 0 Å². The van der Waals surface area contributed by atoms with Crippen molar-refractivity contribution in [1.29, 1.82) is 0 Å². The van der Waals surface area contributed by atoms with Crippen molar-refractivity contribution in [3.8, 4) is 0 Å². The minimum atomic E-state index is 0.911. The summed E-state index contributed by atoms with van der Waals surface area (Å²) in [6.45, 7) is 2.33. The van der Waals surface area contributed by atoms with Crippen molar-refractivity contribution in [1.82, 2.24) is 5.32 Å². The lowest BCUT2D eigenvalue weighted by Gasteiger charge is -2.23. The highest BCUT2D eigenvalue weighted by atomic mass is 15.0. The van der Waals surface area contributed by atoms with Crippen molar-refractivity contribution in [3.05, 3.63) is 0 Å². The lowest BCUT2D eigenvalue weighted by Crippen LogP contribution is -2.36. The number of nitrogens with one attached hydrogen (secondary N) is 1. The van der Waals surface area contributed by atoms with Gasteiger partial charge in [-0.15, -0.1) is 0 Å². The first-order valence-corrected chi connectivity index (χ1v) is 6.13. The Kier molecular flexibility index (Phi) is 1.90. The van der Waals surface area contributed by atoms with Gasteiger partial charge in [-0.05, 0) is 43.4 Å². The van der Waals surface area contributed by atoms with Crippen LogP contribution >= 0.6 is 0 Å². The number of rotatable bonds is 3. The zero-order chi connectivity index (χ0) is 8.84. The average Bonchev–Trinajstić information content (AvgIpc) is 2.58. The third-order valence-corrected chi connectivity index (χ3v) is 4.61. The minimum Gasteiger partial charge on any atom is -0.311 e. The number of fused-ring (bicyclic) bond motifs is 2. The zero-order valence-electron chi connectivity index (χ0n) is 8.63. The van der Waals surface area contributed by atoms with Crippen LogP contribution in [0.3, 0.4) is 0 Å². The average molecular weight is 179 g/mol. The van der Waals surface area contributed by atoms with E-state index in [1.165, 1.54) is 32.1 Å². The van der Waals surface area contributed by atoms with E-state index in [0.29, 0.717) is 0 Å². The Morgan fingerprint density at radius 3 is 2.54 bits per heavy atom. The maximum absolute atomic E-state index is 3.89. The lowest BCUT2D eigenvalue weighted by atomic mass is 9.95. The fourth-order valence-corrected chi connectivity index (χ4v) is 3.63. The molecule has 0 heterocycles. The highest BCUT2D eigenvalue weighted by Crippen LogP contribution is 2.46. The van der Waals surface area contributed by atoms with Crippen LogP contribution in [0.15, 0.2) is 0 Å². The Balaban J connectivity index is 1.52. The Hall–Kier alpha value is -0.0400. The molecule has 0 amide bonds. The normalized spacial score (nSPS) is 52.8. The molecule has 1 N–H and O–H groups in total. The molecule has 0 aromatic rings. The summed E-state index contributed by atoms with van der Waals surface area (Å²) in [5.41, 5.74) is 0. The van der Waals surface area contributed by atoms with Crippen molar-refractivity contribution in [2.75, 3.05) is 0 Å². The molecule has 0 saturated heterocycles. The van der Waals surface area contributed by atoms with E-state index in [4.69, 9.17) is 0 Å². The van der Waals surface area contributed by atoms with Crippen LogP contribution in [0.5, 0.6) is 0 Å². The summed E-state index contributed by atoms with van der Waals surface area (Å²) in [5, 5.41) is 3.89. The molecule has 13 heavy (non-hydrogen) atoms. The van der Waals surface area contributed by atoms with Gasteiger partial charge in [0.15, 0.2) is 0 Å². The van der Waals surface area contributed by atoms with Gasteiger partial charge in [-0.1, -0.05) is 19.8 Å². The highest BCUT2D eigenvalue weighted by molar-refractivity contribution is 5.00. The molecule has 3 aliphatic rings. The van der Waals surface area contributed by atoms with Crippen molar-refractivity contribution >= 4 is 0 Å². The second-order valence-electron chi connectivity index (χ2n) is 5.46. The van der Waals surface area contributed by atoms with Crippen molar-refractivity contribution in [2.24, 2.45) is 17.8 Å². The van der Waals surface area contributed by atoms with E-state index in [9.17, 15) is 0 Å². The second-order valence-corrected chi connectivity index (χ2v) is 5.46. The van der Waals surface area contributed by atoms with E-state index in [1.54, 1.807) is 6.42 Å². The van der Waals surface area contributed by atoms with Crippen LogP contribution in [0.25, 0.3) is 0 Å². The molecule has 3 saturated carbocycles. The molecule has 3 fully saturated rings. The van der Waals surface area contributed by atoms with Crippen molar-refractivity contribution in [3.63, 3.8) is 0 Å². The predicted octanol–water partition coefficient (Wildman–Crippen LogP) is 2.56. The smallest absolute Gasteiger partial charge is 0.0102 e. The minimum absolute atomic E-state index is 0.911. The molecule has 0 radical (unpaired) electrons. The Bertz CT molecular complexity index is 201. The Morgan fingerprint density at radius 2 is 2.00 bits per heavy atom. The van der Waals surface area contributed by atoms with Crippen LogP contribution in [0.1, 0.15) is 45.4 Å². The fraction of sp³-hybridized carbons (Fsp3) is 1.00. The first-order valence-electron chi connectivity index (χ1n) is 6.13. The first kappa shape index (κ1) is 8.28. The summed E-state index contributed by atoms with van der Waals surface area (Å²) < 4.78 is 0. The molecule has 5 unspecified atom stereocenters. The van der Waals surface area contributed by atoms with Crippen LogP contribution in [-0.4, -0.2) is 12.1 Å². The summed E-state index contributed by atoms with van der Waals surface area (Å²) in [4.78, 5) is 0. The summed E-state index contributed by atoms with van der Waals surface area (Å²) in [7, 11) is 0. The standard InChI is InChI=1S/C12H21N/c1-2-9-7-12(9)13-11-6-8-3-4-10(11)5-8/h8-13H,2-7H2,1H3. The molecule has 0 spiro atoms. The van der Waals surface area contributed by atoms with Gasteiger partial charge in [0, 0.05) is 12.1 Å². The molecule has 0 aromatic heterocycles. The monoisotopic (exact) mass is 179 g/mol. The van der Waals surface area contributed by atoms with Crippen LogP contribution in [0.4, 0.5) is 0 Å². The van der Waals surface area contributed by atoms with Gasteiger partial charge in [0.05, 0.1) is 0 Å². The van der Waals surface area contributed by atoms with Gasteiger partial charge in [-0.3, -0.25) is 0 Å². The molecule has 0 aromatic carbocycles. The molecule has 3 aliphatic carbocycles. The largest absolute Gasteiger partial charge is 0.311 e. The van der Waals surface area contributed by atoms with Crippen molar-refractivity contribution in [2.45, 2.75) is 57.5 Å².